The Balaban J connectivity index is 0.000000206. The number of hydrogen-bond donors (Lipinski definition) is 0. The Labute approximate surface area is 94.2 Å². The molecule has 0 aliphatic carbocycles. The molecule has 2 rings (SSSR count). The van der Waals surface area contributed by atoms with Gasteiger partial charge < -0.3 is 0 Å². The number of hydrogen-bond acceptors (Lipinski definition) is 0. The van der Waals surface area contributed by atoms with E-state index in [1.165, 1.54) is 0 Å². The van der Waals surface area contributed by atoms with Crippen molar-refractivity contribution in [2.24, 2.45) is 0 Å². The Morgan fingerprint density at radius 3 is 1.08 bits per heavy atom. The molecule has 3 heteroatoms. The number of rotatable bonds is 0. The molecule has 0 fully saturated rings. The van der Waals surface area contributed by atoms with Gasteiger partial charge in [0.25, 0.3) is 0 Å². The fraction of sp³-hybridized carbons (Fsp3) is 0. The van der Waals surface area contributed by atoms with Gasteiger partial charge in [-0.1, -0.05) is 59.2 Å². The van der Waals surface area contributed by atoms with Crippen LogP contribution in [0.2, 0.25) is 0 Å². The van der Waals surface area contributed by atoms with Gasteiger partial charge >= 0.3 is 0 Å². The van der Waals surface area contributed by atoms with Crippen molar-refractivity contribution in [1.29, 1.82) is 0 Å². The normalized spacial score (nSPS) is 14.8. The molecule has 2 aliphatic rings. The monoisotopic (exact) mass is 245 g/mol. The molecule has 0 aromatic heterocycles. The van der Waals surface area contributed by atoms with Gasteiger partial charge in [-0.25, -0.2) is 0 Å². The van der Waals surface area contributed by atoms with Crippen molar-refractivity contribution in [1.82, 2.24) is 0 Å². The summed E-state index contributed by atoms with van der Waals surface area (Å²) >= 11 is 0. The minimum atomic E-state index is 0. The van der Waals surface area contributed by atoms with Crippen LogP contribution >= 0.6 is 0 Å². The minimum Gasteiger partial charge on any atom is -0.0772 e. The molecular weight excluding hydrogens is 235 g/mol. The first-order chi connectivity index (χ1) is 6.00. The smallest absolute Gasteiger partial charge is 0.0505 e. The van der Waals surface area contributed by atoms with E-state index in [2.05, 4.69) is 47.0 Å². The van der Waals surface area contributed by atoms with E-state index >= 15 is 0 Å². The van der Waals surface area contributed by atoms with Crippen molar-refractivity contribution in [2.45, 2.75) is 0 Å². The molecule has 13 heavy (non-hydrogen) atoms. The molecule has 0 saturated heterocycles. The van der Waals surface area contributed by atoms with Crippen molar-refractivity contribution in [2.75, 3.05) is 0 Å². The molecule has 0 spiro atoms. The molecular formula is C10H10CoSi2. The largest absolute Gasteiger partial charge is 0.0772 e. The molecule has 0 N–H and O–H groups in total. The van der Waals surface area contributed by atoms with Gasteiger partial charge in [-0.05, 0) is 0 Å². The van der Waals surface area contributed by atoms with Gasteiger partial charge in [0.2, 0.25) is 0 Å². The second kappa shape index (κ2) is 9.73. The Morgan fingerprint density at radius 1 is 0.538 bits per heavy atom. The zero-order valence-corrected chi connectivity index (χ0v) is 10.1. The summed E-state index contributed by atoms with van der Waals surface area (Å²) in [6.45, 7) is 0. The van der Waals surface area contributed by atoms with Gasteiger partial charge in [-0.15, -0.1) is 0 Å². The molecule has 2 heterocycles. The summed E-state index contributed by atoms with van der Waals surface area (Å²) in [6, 6.07) is 0. The topological polar surface area (TPSA) is 0 Å². The van der Waals surface area contributed by atoms with E-state index in [0.717, 1.165) is 18.3 Å². The van der Waals surface area contributed by atoms with E-state index in [1.807, 2.05) is 12.2 Å². The predicted molar refractivity (Wildman–Crippen MR) is 60.2 cm³/mol. The van der Waals surface area contributed by atoms with Gasteiger partial charge in [0.05, 0.1) is 18.3 Å². The predicted octanol–water partition coefficient (Wildman–Crippen LogP) is 1.15. The first-order valence-electron chi connectivity index (χ1n) is 3.82. The summed E-state index contributed by atoms with van der Waals surface area (Å²) in [5.74, 6) is 0. The van der Waals surface area contributed by atoms with Gasteiger partial charge in [-0.3, -0.25) is 0 Å². The van der Waals surface area contributed by atoms with Crippen LogP contribution < -0.4 is 0 Å². The fourth-order valence-corrected chi connectivity index (χ4v) is 1.79. The Hall–Kier alpha value is -0.360. The maximum absolute atomic E-state index is 2.15. The van der Waals surface area contributed by atoms with Gasteiger partial charge in [0.1, 0.15) is 0 Å². The van der Waals surface area contributed by atoms with Crippen LogP contribution in [-0.2, 0) is 16.8 Å². The van der Waals surface area contributed by atoms with E-state index in [1.54, 1.807) is 0 Å². The molecule has 0 aromatic carbocycles. The summed E-state index contributed by atoms with van der Waals surface area (Å²) in [6.07, 6.45) is 12.3. The Morgan fingerprint density at radius 2 is 1.00 bits per heavy atom. The standard InChI is InChI=1S/2C5H5Si.Co/c2*1-2-4-6-5-3-1;/h2*1-5H;. The summed E-state index contributed by atoms with van der Waals surface area (Å²) in [7, 11) is 1.82. The van der Waals surface area contributed by atoms with Crippen LogP contribution in [-0.4, -0.2) is 29.6 Å². The third-order valence-electron chi connectivity index (χ3n) is 1.21. The van der Waals surface area contributed by atoms with E-state index in [0.29, 0.717) is 0 Å². The second-order valence-corrected chi connectivity index (χ2v) is 4.15. The Bertz CT molecular complexity index is 182. The molecule has 0 saturated carbocycles. The maximum atomic E-state index is 2.15. The van der Waals surface area contributed by atoms with E-state index < -0.39 is 0 Å². The van der Waals surface area contributed by atoms with E-state index in [9.17, 15) is 0 Å². The zero-order valence-electron chi connectivity index (χ0n) is 7.11. The van der Waals surface area contributed by atoms with Crippen LogP contribution in [0.1, 0.15) is 0 Å². The van der Waals surface area contributed by atoms with Crippen molar-refractivity contribution in [3.63, 3.8) is 0 Å². The third kappa shape index (κ3) is 7.98. The molecule has 0 atom stereocenters. The van der Waals surface area contributed by atoms with Crippen LogP contribution in [0.5, 0.6) is 0 Å². The summed E-state index contributed by atoms with van der Waals surface area (Å²) in [5, 5.41) is 0. The van der Waals surface area contributed by atoms with E-state index in [4.69, 9.17) is 0 Å². The summed E-state index contributed by atoms with van der Waals surface area (Å²) in [4.78, 5) is 0. The minimum absolute atomic E-state index is 0. The van der Waals surface area contributed by atoms with Crippen LogP contribution in [0.3, 0.4) is 0 Å². The van der Waals surface area contributed by atoms with Crippen molar-refractivity contribution in [3.05, 3.63) is 47.9 Å². The molecule has 0 aromatic rings. The molecule has 0 bridgehead atoms. The van der Waals surface area contributed by atoms with Crippen LogP contribution in [0, 0.1) is 0 Å². The summed E-state index contributed by atoms with van der Waals surface area (Å²) < 4.78 is 0. The zero-order chi connectivity index (χ0) is 8.49. The van der Waals surface area contributed by atoms with Crippen LogP contribution in [0.25, 0.3) is 0 Å². The molecule has 67 valence electrons. The van der Waals surface area contributed by atoms with Gasteiger partial charge in [-0.2, -0.15) is 0 Å². The Kier molecular flexibility index (Phi) is 9.46. The average molecular weight is 245 g/mol. The average Bonchev–Trinajstić information content (AvgIpc) is 2.24. The second-order valence-electron chi connectivity index (χ2n) is 2.15. The maximum Gasteiger partial charge on any atom is 0.0505 e. The quantitative estimate of drug-likeness (QED) is 0.562. The molecule has 0 nitrogen and oxygen atoms in total. The molecule has 2 aliphatic heterocycles. The van der Waals surface area contributed by atoms with Crippen molar-refractivity contribution in [3.8, 4) is 0 Å². The molecule has 0 unspecified atom stereocenters. The molecule has 3 radical (unpaired) electrons. The first-order valence-corrected chi connectivity index (χ1v) is 6.13. The first kappa shape index (κ1) is 12.6. The summed E-state index contributed by atoms with van der Waals surface area (Å²) in [5.41, 5.74) is 8.61. The van der Waals surface area contributed by atoms with Crippen molar-refractivity contribution >= 4 is 29.6 Å². The number of allylic oxidation sites excluding steroid dienone is 6. The van der Waals surface area contributed by atoms with Crippen molar-refractivity contribution < 1.29 is 16.8 Å². The van der Waals surface area contributed by atoms with Crippen LogP contribution in [0.15, 0.2) is 47.9 Å². The van der Waals surface area contributed by atoms with E-state index in [-0.39, 0.29) is 16.8 Å². The SMILES string of the molecule is C1=CC=[Si]C=C1.C1=CC=[Si]C=C1.[Co]. The third-order valence-corrected chi connectivity index (χ3v) is 2.75. The van der Waals surface area contributed by atoms with Gasteiger partial charge in [0.15, 0.2) is 0 Å². The van der Waals surface area contributed by atoms with Gasteiger partial charge in [0, 0.05) is 16.8 Å². The molecule has 0 amide bonds. The van der Waals surface area contributed by atoms with Crippen LogP contribution in [0.4, 0.5) is 0 Å². The fourth-order valence-electron chi connectivity index (χ4n) is 0.684.